The molecule has 2 aromatic carbocycles. The molecule has 3 atom stereocenters. The van der Waals surface area contributed by atoms with E-state index in [1.54, 1.807) is 12.1 Å². The number of amides is 1. The minimum Gasteiger partial charge on any atom is -0.342 e. The summed E-state index contributed by atoms with van der Waals surface area (Å²) in [6.07, 6.45) is 2.50. The normalized spacial score (nSPS) is 24.6. The van der Waals surface area contributed by atoms with Crippen molar-refractivity contribution in [2.45, 2.75) is 56.9 Å². The second-order valence-corrected chi connectivity index (χ2v) is 11.6. The van der Waals surface area contributed by atoms with Crippen LogP contribution in [0.15, 0.2) is 42.5 Å². The predicted molar refractivity (Wildman–Crippen MR) is 141 cm³/mol. The molecule has 2 N–H and O–H groups in total. The molecule has 0 bridgehead atoms. The first kappa shape index (κ1) is 26.1. The highest BCUT2D eigenvalue weighted by atomic mass is 35.5. The van der Waals surface area contributed by atoms with Crippen LogP contribution in [0.1, 0.15) is 61.4 Å². The van der Waals surface area contributed by atoms with Crippen LogP contribution in [0, 0.1) is 24.5 Å². The lowest BCUT2D eigenvalue weighted by atomic mass is 9.86. The van der Waals surface area contributed by atoms with Crippen molar-refractivity contribution in [2.24, 2.45) is 11.7 Å². The largest absolute Gasteiger partial charge is 0.342 e. The van der Waals surface area contributed by atoms with E-state index in [2.05, 4.69) is 11.2 Å². The summed E-state index contributed by atoms with van der Waals surface area (Å²) in [5, 5.41) is 5.63. The van der Waals surface area contributed by atoms with Crippen LogP contribution in [0.2, 0.25) is 10.0 Å². The fourth-order valence-corrected chi connectivity index (χ4v) is 6.32. The number of likely N-dealkylation sites (tertiary alicyclic amines) is 1. The van der Waals surface area contributed by atoms with Gasteiger partial charge in [0, 0.05) is 48.1 Å². The Morgan fingerprint density at radius 2 is 1.78 bits per heavy atom. The molecule has 1 saturated heterocycles. The smallest absolute Gasteiger partial charge is 0.226 e. The zero-order chi connectivity index (χ0) is 26.5. The number of rotatable bonds is 4. The van der Waals surface area contributed by atoms with E-state index in [1.165, 1.54) is 12.1 Å². The number of hydrogen-bond donors (Lipinski definition) is 1. The molecule has 2 heterocycles. The summed E-state index contributed by atoms with van der Waals surface area (Å²) in [5.41, 5.74) is 9.03. The van der Waals surface area contributed by atoms with Gasteiger partial charge in [-0.1, -0.05) is 29.3 Å². The molecule has 37 heavy (non-hydrogen) atoms. The van der Waals surface area contributed by atoms with Gasteiger partial charge in [-0.3, -0.25) is 4.79 Å². The van der Waals surface area contributed by atoms with Crippen molar-refractivity contribution in [3.05, 3.63) is 81.1 Å². The first-order valence-electron chi connectivity index (χ1n) is 12.6. The lowest BCUT2D eigenvalue weighted by molar-refractivity contribution is -0.137. The summed E-state index contributed by atoms with van der Waals surface area (Å²) in [5.74, 6) is -1.85. The summed E-state index contributed by atoms with van der Waals surface area (Å²) in [6, 6.07) is 11.1. The molecule has 9 heteroatoms. The average Bonchev–Trinajstić information content (AvgIpc) is 3.39. The Hall–Kier alpha value is -2.48. The SMILES string of the molecule is Cc1cc(C2CCN(C(=O)[C@@H]3C[C@@](C)(N)C[C@H]3c3ccc(F)cc3F)CC2)n(-c2ccc(Cl)c(Cl)c2)n1. The molecule has 1 saturated carbocycles. The van der Waals surface area contributed by atoms with Gasteiger partial charge in [0.2, 0.25) is 5.91 Å². The maximum Gasteiger partial charge on any atom is 0.226 e. The van der Waals surface area contributed by atoms with E-state index >= 15 is 0 Å². The Bertz CT molecular complexity index is 1330. The van der Waals surface area contributed by atoms with E-state index < -0.39 is 23.1 Å². The Kier molecular flexibility index (Phi) is 7.07. The molecule has 1 aliphatic carbocycles. The number of hydrogen-bond acceptors (Lipinski definition) is 3. The van der Waals surface area contributed by atoms with Crippen molar-refractivity contribution >= 4 is 29.1 Å². The van der Waals surface area contributed by atoms with Crippen molar-refractivity contribution in [2.75, 3.05) is 13.1 Å². The molecule has 2 aliphatic rings. The van der Waals surface area contributed by atoms with E-state index in [0.717, 1.165) is 36.0 Å². The van der Waals surface area contributed by atoms with Crippen LogP contribution in [0.25, 0.3) is 5.69 Å². The second-order valence-electron chi connectivity index (χ2n) is 10.8. The minimum absolute atomic E-state index is 0.00415. The number of carbonyl (C=O) groups is 1. The molecule has 0 radical (unpaired) electrons. The summed E-state index contributed by atoms with van der Waals surface area (Å²) < 4.78 is 30.1. The molecule has 1 aliphatic heterocycles. The number of nitrogens with zero attached hydrogens (tertiary/aromatic N) is 3. The number of piperidine rings is 1. The molecule has 196 valence electrons. The van der Waals surface area contributed by atoms with Crippen LogP contribution in [0.4, 0.5) is 8.78 Å². The summed E-state index contributed by atoms with van der Waals surface area (Å²) in [6.45, 7) is 5.03. The van der Waals surface area contributed by atoms with E-state index in [0.29, 0.717) is 41.5 Å². The highest BCUT2D eigenvalue weighted by Gasteiger charge is 2.46. The molecule has 0 spiro atoms. The van der Waals surface area contributed by atoms with Crippen molar-refractivity contribution in [3.63, 3.8) is 0 Å². The molecular weight excluding hydrogens is 517 g/mol. The van der Waals surface area contributed by atoms with Crippen molar-refractivity contribution < 1.29 is 13.6 Å². The minimum atomic E-state index is -0.630. The van der Waals surface area contributed by atoms with E-state index in [4.69, 9.17) is 28.9 Å². The summed E-state index contributed by atoms with van der Waals surface area (Å²) in [7, 11) is 0. The molecule has 3 aromatic rings. The maximum absolute atomic E-state index is 14.7. The topological polar surface area (TPSA) is 64.2 Å². The quantitative estimate of drug-likeness (QED) is 0.412. The first-order chi connectivity index (χ1) is 17.5. The molecular formula is C28H30Cl2F2N4O. The van der Waals surface area contributed by atoms with E-state index in [1.807, 2.05) is 29.5 Å². The van der Waals surface area contributed by atoms with Crippen LogP contribution in [-0.4, -0.2) is 39.2 Å². The van der Waals surface area contributed by atoms with Gasteiger partial charge in [-0.15, -0.1) is 0 Å². The number of halogens is 4. The molecule has 0 unspecified atom stereocenters. The number of benzene rings is 2. The third-order valence-electron chi connectivity index (χ3n) is 7.77. The molecule has 1 amide bonds. The fourth-order valence-electron chi connectivity index (χ4n) is 6.02. The van der Waals surface area contributed by atoms with Gasteiger partial charge in [0.1, 0.15) is 11.6 Å². The van der Waals surface area contributed by atoms with Crippen LogP contribution >= 0.6 is 23.2 Å². The van der Waals surface area contributed by atoms with Gasteiger partial charge >= 0.3 is 0 Å². The zero-order valence-corrected chi connectivity index (χ0v) is 22.4. The zero-order valence-electron chi connectivity index (χ0n) is 20.9. The van der Waals surface area contributed by atoms with Crippen molar-refractivity contribution in [1.82, 2.24) is 14.7 Å². The lowest BCUT2D eigenvalue weighted by Gasteiger charge is -2.35. The van der Waals surface area contributed by atoms with Gasteiger partial charge in [-0.25, -0.2) is 13.5 Å². The number of carbonyl (C=O) groups excluding carboxylic acids is 1. The van der Waals surface area contributed by atoms with Gasteiger partial charge in [-0.2, -0.15) is 5.10 Å². The maximum atomic E-state index is 14.7. The summed E-state index contributed by atoms with van der Waals surface area (Å²) in [4.78, 5) is 15.6. The van der Waals surface area contributed by atoms with Gasteiger partial charge in [-0.05, 0) is 75.4 Å². The molecule has 1 aromatic heterocycles. The standard InChI is InChI=1S/C28H30Cl2F2N4O/c1-16-11-26(36(34-16)19-4-6-23(29)24(30)13-19)17-7-9-35(10-8-17)27(37)22-15-28(2,33)14-21(22)20-5-3-18(31)12-25(20)32/h3-6,11-13,17,21-22H,7-10,14-15,33H2,1-2H3/t21-,22+,28-/m0/s1. The Morgan fingerprint density at radius 3 is 2.46 bits per heavy atom. The number of aryl methyl sites for hydroxylation is 1. The van der Waals surface area contributed by atoms with E-state index in [-0.39, 0.29) is 17.7 Å². The predicted octanol–water partition coefficient (Wildman–Crippen LogP) is 6.38. The van der Waals surface area contributed by atoms with Gasteiger partial charge in [0.05, 0.1) is 21.4 Å². The number of nitrogens with two attached hydrogens (primary N) is 1. The summed E-state index contributed by atoms with van der Waals surface area (Å²) >= 11 is 12.3. The molecule has 5 nitrogen and oxygen atoms in total. The second kappa shape index (κ2) is 10.0. The van der Waals surface area contributed by atoms with Gasteiger partial charge in [0.15, 0.2) is 0 Å². The Labute approximate surface area is 225 Å². The first-order valence-corrected chi connectivity index (χ1v) is 13.3. The highest BCUT2D eigenvalue weighted by molar-refractivity contribution is 6.42. The van der Waals surface area contributed by atoms with E-state index in [9.17, 15) is 13.6 Å². The van der Waals surface area contributed by atoms with Crippen LogP contribution in [-0.2, 0) is 4.79 Å². The van der Waals surface area contributed by atoms with Gasteiger partial charge in [0.25, 0.3) is 0 Å². The Morgan fingerprint density at radius 1 is 1.05 bits per heavy atom. The van der Waals surface area contributed by atoms with Gasteiger partial charge < -0.3 is 10.6 Å². The highest BCUT2D eigenvalue weighted by Crippen LogP contribution is 2.46. The van der Waals surface area contributed by atoms with Crippen LogP contribution in [0.3, 0.4) is 0 Å². The molecule has 5 rings (SSSR count). The average molecular weight is 547 g/mol. The van der Waals surface area contributed by atoms with Crippen LogP contribution < -0.4 is 5.73 Å². The molecule has 2 fully saturated rings. The lowest BCUT2D eigenvalue weighted by Crippen LogP contribution is -2.43. The third-order valence-corrected chi connectivity index (χ3v) is 8.51. The van der Waals surface area contributed by atoms with Crippen molar-refractivity contribution in [3.8, 4) is 5.69 Å². The monoisotopic (exact) mass is 546 g/mol. The fraction of sp³-hybridized carbons (Fsp3) is 0.429. The van der Waals surface area contributed by atoms with Crippen molar-refractivity contribution in [1.29, 1.82) is 0 Å². The number of aromatic nitrogens is 2. The van der Waals surface area contributed by atoms with Crippen LogP contribution in [0.5, 0.6) is 0 Å². The Balaban J connectivity index is 1.33. The third kappa shape index (κ3) is 5.27.